The molecule has 8 nitrogen and oxygen atoms in total. The summed E-state index contributed by atoms with van der Waals surface area (Å²) < 4.78 is 7.20. The van der Waals surface area contributed by atoms with Crippen molar-refractivity contribution < 1.29 is 14.3 Å². The average Bonchev–Trinajstić information content (AvgIpc) is 3.24. The summed E-state index contributed by atoms with van der Waals surface area (Å²) in [5, 5.41) is 8.58. The number of carbonyl (C=O) groups is 2. The van der Waals surface area contributed by atoms with Gasteiger partial charge in [0.15, 0.2) is 5.82 Å². The van der Waals surface area contributed by atoms with E-state index in [4.69, 9.17) is 4.74 Å². The number of hydrogen-bond donors (Lipinski definition) is 0. The molecule has 0 radical (unpaired) electrons. The molecule has 1 saturated heterocycles. The Hall–Kier alpha value is -1.96. The molecule has 1 saturated carbocycles. The van der Waals surface area contributed by atoms with E-state index >= 15 is 0 Å². The Morgan fingerprint density at radius 2 is 2.12 bits per heavy atom. The van der Waals surface area contributed by atoms with E-state index in [-0.39, 0.29) is 17.7 Å². The number of aromatic nitrogens is 3. The Morgan fingerprint density at radius 1 is 1.29 bits per heavy atom. The first-order valence-corrected chi connectivity index (χ1v) is 8.65. The standard InChI is InChI=1S/C16H23N5O3/c1-24-7-6-19-9-12(8-14(19)22)16(23)20-4-5-21-13(10-20)17-18-15(21)11-2-3-11/h11-12H,2-10H2,1H3. The Bertz CT molecular complexity index is 654. The number of methoxy groups -OCH3 is 1. The van der Waals surface area contributed by atoms with Crippen LogP contribution in [0, 0.1) is 5.92 Å². The van der Waals surface area contributed by atoms with E-state index in [0.717, 1.165) is 18.2 Å². The molecule has 0 spiro atoms. The minimum Gasteiger partial charge on any atom is -0.383 e. The predicted octanol–water partition coefficient (Wildman–Crippen LogP) is -0.00740. The molecule has 4 rings (SSSR count). The van der Waals surface area contributed by atoms with Gasteiger partial charge in [0, 0.05) is 45.6 Å². The minimum absolute atomic E-state index is 0.0431. The molecule has 0 N–H and O–H groups in total. The van der Waals surface area contributed by atoms with Crippen molar-refractivity contribution in [3.8, 4) is 0 Å². The van der Waals surface area contributed by atoms with Gasteiger partial charge >= 0.3 is 0 Å². The third kappa shape index (κ3) is 2.79. The first-order valence-electron chi connectivity index (χ1n) is 8.65. The number of hydrogen-bond acceptors (Lipinski definition) is 5. The van der Waals surface area contributed by atoms with Crippen LogP contribution >= 0.6 is 0 Å². The molecule has 1 aliphatic carbocycles. The lowest BCUT2D eigenvalue weighted by molar-refractivity contribution is -0.137. The van der Waals surface area contributed by atoms with Crippen molar-refractivity contribution in [3.05, 3.63) is 11.6 Å². The van der Waals surface area contributed by atoms with Crippen LogP contribution in [0.15, 0.2) is 0 Å². The number of fused-ring (bicyclic) bond motifs is 1. The summed E-state index contributed by atoms with van der Waals surface area (Å²) in [5.74, 6) is 2.38. The number of amides is 2. The van der Waals surface area contributed by atoms with E-state index in [0.29, 0.717) is 45.1 Å². The molecule has 1 atom stereocenters. The lowest BCUT2D eigenvalue weighted by atomic mass is 10.1. The Morgan fingerprint density at radius 3 is 2.88 bits per heavy atom. The second kappa shape index (κ2) is 6.16. The van der Waals surface area contributed by atoms with E-state index in [1.165, 1.54) is 12.8 Å². The molecule has 2 aliphatic heterocycles. The molecule has 0 bridgehead atoms. The van der Waals surface area contributed by atoms with Crippen molar-refractivity contribution in [2.24, 2.45) is 5.92 Å². The highest BCUT2D eigenvalue weighted by Crippen LogP contribution is 2.39. The van der Waals surface area contributed by atoms with Gasteiger partial charge < -0.3 is 19.1 Å². The van der Waals surface area contributed by atoms with E-state index in [9.17, 15) is 9.59 Å². The fourth-order valence-corrected chi connectivity index (χ4v) is 3.63. The summed E-state index contributed by atoms with van der Waals surface area (Å²) in [5.41, 5.74) is 0. The minimum atomic E-state index is -0.244. The van der Waals surface area contributed by atoms with Crippen molar-refractivity contribution in [2.75, 3.05) is 33.4 Å². The number of rotatable bonds is 5. The highest BCUT2D eigenvalue weighted by atomic mass is 16.5. The lowest BCUT2D eigenvalue weighted by Crippen LogP contribution is -2.42. The van der Waals surface area contributed by atoms with Crippen molar-refractivity contribution >= 4 is 11.8 Å². The Kier molecular flexibility index (Phi) is 3.99. The van der Waals surface area contributed by atoms with Crippen molar-refractivity contribution in [1.29, 1.82) is 0 Å². The van der Waals surface area contributed by atoms with Crippen LogP contribution in [0.5, 0.6) is 0 Å². The second-order valence-electron chi connectivity index (χ2n) is 6.89. The fraction of sp³-hybridized carbons (Fsp3) is 0.750. The van der Waals surface area contributed by atoms with Gasteiger partial charge in [-0.15, -0.1) is 10.2 Å². The SMILES string of the molecule is COCCN1CC(C(=O)N2CCn3c(nnc3C3CC3)C2)CC1=O. The van der Waals surface area contributed by atoms with E-state index in [2.05, 4.69) is 14.8 Å². The van der Waals surface area contributed by atoms with Gasteiger partial charge in [-0.2, -0.15) is 0 Å². The summed E-state index contributed by atoms with van der Waals surface area (Å²) in [4.78, 5) is 28.4. The van der Waals surface area contributed by atoms with Crippen molar-refractivity contribution in [3.63, 3.8) is 0 Å². The molecule has 0 aromatic carbocycles. The zero-order chi connectivity index (χ0) is 16.7. The smallest absolute Gasteiger partial charge is 0.228 e. The zero-order valence-corrected chi connectivity index (χ0v) is 14.0. The molecule has 24 heavy (non-hydrogen) atoms. The summed E-state index contributed by atoms with van der Waals surface area (Å²) in [6, 6.07) is 0. The molecular weight excluding hydrogens is 310 g/mol. The van der Waals surface area contributed by atoms with Crippen molar-refractivity contribution in [1.82, 2.24) is 24.6 Å². The van der Waals surface area contributed by atoms with Gasteiger partial charge in [-0.3, -0.25) is 9.59 Å². The van der Waals surface area contributed by atoms with Gasteiger partial charge in [-0.05, 0) is 12.8 Å². The fourth-order valence-electron chi connectivity index (χ4n) is 3.63. The quantitative estimate of drug-likeness (QED) is 0.757. The van der Waals surface area contributed by atoms with Crippen LogP contribution in [-0.4, -0.2) is 69.7 Å². The molecule has 1 unspecified atom stereocenters. The second-order valence-corrected chi connectivity index (χ2v) is 6.89. The zero-order valence-electron chi connectivity index (χ0n) is 14.0. The maximum Gasteiger partial charge on any atom is 0.228 e. The molecule has 1 aromatic heterocycles. The third-order valence-electron chi connectivity index (χ3n) is 5.17. The van der Waals surface area contributed by atoms with Crippen LogP contribution in [0.4, 0.5) is 0 Å². The Labute approximate surface area is 140 Å². The molecule has 2 fully saturated rings. The highest BCUT2D eigenvalue weighted by molar-refractivity contribution is 5.89. The monoisotopic (exact) mass is 333 g/mol. The molecule has 1 aromatic rings. The molecule has 3 aliphatic rings. The largest absolute Gasteiger partial charge is 0.383 e. The van der Waals surface area contributed by atoms with Crippen LogP contribution in [-0.2, 0) is 27.4 Å². The molecule has 8 heteroatoms. The normalized spacial score (nSPS) is 23.7. The maximum absolute atomic E-state index is 12.8. The summed E-state index contributed by atoms with van der Waals surface area (Å²) in [6.45, 7) is 3.49. The summed E-state index contributed by atoms with van der Waals surface area (Å²) >= 11 is 0. The number of nitrogens with zero attached hydrogens (tertiary/aromatic N) is 5. The topological polar surface area (TPSA) is 80.6 Å². The first kappa shape index (κ1) is 15.6. The highest BCUT2D eigenvalue weighted by Gasteiger charge is 2.38. The molecule has 2 amide bonds. The maximum atomic E-state index is 12.8. The van der Waals surface area contributed by atoms with Crippen molar-refractivity contribution in [2.45, 2.75) is 38.3 Å². The van der Waals surface area contributed by atoms with E-state index in [1.54, 1.807) is 12.0 Å². The van der Waals surface area contributed by atoms with Gasteiger partial charge in [0.2, 0.25) is 11.8 Å². The number of ether oxygens (including phenoxy) is 1. The van der Waals surface area contributed by atoms with Crippen LogP contribution in [0.1, 0.15) is 36.8 Å². The van der Waals surface area contributed by atoms with Crippen LogP contribution < -0.4 is 0 Å². The van der Waals surface area contributed by atoms with Gasteiger partial charge in [0.25, 0.3) is 0 Å². The van der Waals surface area contributed by atoms with Crippen LogP contribution in [0.2, 0.25) is 0 Å². The molecule has 3 heterocycles. The molecule has 130 valence electrons. The Balaban J connectivity index is 1.39. The lowest BCUT2D eigenvalue weighted by Gasteiger charge is -2.29. The van der Waals surface area contributed by atoms with Gasteiger partial charge in [0.05, 0.1) is 19.1 Å². The van der Waals surface area contributed by atoms with E-state index in [1.807, 2.05) is 4.90 Å². The predicted molar refractivity (Wildman–Crippen MR) is 84.0 cm³/mol. The summed E-state index contributed by atoms with van der Waals surface area (Å²) in [6.07, 6.45) is 2.70. The first-order chi connectivity index (χ1) is 11.7. The van der Waals surface area contributed by atoms with Gasteiger partial charge in [0.1, 0.15) is 5.82 Å². The van der Waals surface area contributed by atoms with Crippen LogP contribution in [0.3, 0.4) is 0 Å². The number of carbonyl (C=O) groups excluding carboxylic acids is 2. The van der Waals surface area contributed by atoms with E-state index < -0.39 is 0 Å². The summed E-state index contributed by atoms with van der Waals surface area (Å²) in [7, 11) is 1.61. The third-order valence-corrected chi connectivity index (χ3v) is 5.17. The van der Waals surface area contributed by atoms with Gasteiger partial charge in [-0.25, -0.2) is 0 Å². The van der Waals surface area contributed by atoms with Crippen LogP contribution in [0.25, 0.3) is 0 Å². The average molecular weight is 333 g/mol. The van der Waals surface area contributed by atoms with Gasteiger partial charge in [-0.1, -0.05) is 0 Å². The molecular formula is C16H23N5O3. The number of likely N-dealkylation sites (tertiary alicyclic amines) is 1.